The second-order valence-corrected chi connectivity index (χ2v) is 6.41. The number of methoxy groups -OCH3 is 3. The summed E-state index contributed by atoms with van der Waals surface area (Å²) in [5.74, 6) is -1.64. The van der Waals surface area contributed by atoms with E-state index >= 15 is 0 Å². The van der Waals surface area contributed by atoms with Gasteiger partial charge in [-0.25, -0.2) is 0 Å². The second kappa shape index (κ2) is 14.8. The van der Waals surface area contributed by atoms with Crippen LogP contribution < -0.4 is 0 Å². The zero-order chi connectivity index (χ0) is 19.9. The van der Waals surface area contributed by atoms with Gasteiger partial charge in [-0.05, 0) is 33.6 Å². The fraction of sp³-hybridized carbons (Fsp3) is 1.00. The summed E-state index contributed by atoms with van der Waals surface area (Å²) in [4.78, 5) is 0. The van der Waals surface area contributed by atoms with Gasteiger partial charge in [-0.3, -0.25) is 0 Å². The fourth-order valence-electron chi connectivity index (χ4n) is 3.35. The van der Waals surface area contributed by atoms with E-state index in [2.05, 4.69) is 6.92 Å². The first-order valence-corrected chi connectivity index (χ1v) is 10.1. The van der Waals surface area contributed by atoms with Crippen LogP contribution in [-0.4, -0.2) is 53.1 Å². The van der Waals surface area contributed by atoms with Gasteiger partial charge in [0.2, 0.25) is 0 Å². The van der Waals surface area contributed by atoms with Crippen molar-refractivity contribution >= 4 is 0 Å². The van der Waals surface area contributed by atoms with Crippen LogP contribution in [0.1, 0.15) is 72.6 Å². The summed E-state index contributed by atoms with van der Waals surface area (Å²) in [6, 6.07) is 0. The lowest BCUT2D eigenvalue weighted by Crippen LogP contribution is -2.42. The van der Waals surface area contributed by atoms with Gasteiger partial charge in [-0.2, -0.15) is 0 Å². The monoisotopic (exact) mass is 378 g/mol. The molecule has 6 nitrogen and oxygen atoms in total. The lowest BCUT2D eigenvalue weighted by Gasteiger charge is -2.34. The summed E-state index contributed by atoms with van der Waals surface area (Å²) >= 11 is 0. The first kappa shape index (κ1) is 25.8. The van der Waals surface area contributed by atoms with Gasteiger partial charge in [0, 0.05) is 53.5 Å². The smallest absolute Gasteiger partial charge is 0.284 e. The molecule has 0 aliphatic heterocycles. The van der Waals surface area contributed by atoms with Crippen LogP contribution in [0.15, 0.2) is 0 Å². The molecular formula is C20H42O6. The number of rotatable bonds is 18. The van der Waals surface area contributed by atoms with Crippen molar-refractivity contribution < 1.29 is 28.4 Å². The maximum Gasteiger partial charge on any atom is 0.284 e. The highest BCUT2D eigenvalue weighted by Gasteiger charge is 2.36. The number of unbranched alkanes of at least 4 members (excludes halogenated alkanes) is 4. The molecule has 26 heavy (non-hydrogen) atoms. The maximum atomic E-state index is 5.76. The predicted molar refractivity (Wildman–Crippen MR) is 103 cm³/mol. The number of hydrogen-bond donors (Lipinski definition) is 0. The van der Waals surface area contributed by atoms with Gasteiger partial charge in [0.15, 0.2) is 0 Å². The Morgan fingerprint density at radius 1 is 0.654 bits per heavy atom. The molecule has 1 atom stereocenters. The Labute approximate surface area is 160 Å². The molecule has 1 unspecified atom stereocenters. The Morgan fingerprint density at radius 3 is 1.50 bits per heavy atom. The fourth-order valence-corrected chi connectivity index (χ4v) is 3.35. The highest BCUT2D eigenvalue weighted by atomic mass is 16.9. The quantitative estimate of drug-likeness (QED) is 0.254. The van der Waals surface area contributed by atoms with E-state index in [9.17, 15) is 0 Å². The summed E-state index contributed by atoms with van der Waals surface area (Å²) in [7, 11) is 4.85. The average Bonchev–Trinajstić information content (AvgIpc) is 2.63. The minimum Gasteiger partial charge on any atom is -0.331 e. The van der Waals surface area contributed by atoms with Crippen molar-refractivity contribution in [3.05, 3.63) is 0 Å². The molecule has 0 bridgehead atoms. The van der Waals surface area contributed by atoms with Crippen LogP contribution in [0.4, 0.5) is 0 Å². The van der Waals surface area contributed by atoms with E-state index in [0.717, 1.165) is 32.1 Å². The highest BCUT2D eigenvalue weighted by molar-refractivity contribution is 4.66. The van der Waals surface area contributed by atoms with E-state index in [1.807, 2.05) is 20.8 Å². The molecule has 0 aliphatic rings. The summed E-state index contributed by atoms with van der Waals surface area (Å²) in [6.45, 7) is 9.74. The van der Waals surface area contributed by atoms with Crippen molar-refractivity contribution in [2.75, 3.05) is 41.2 Å². The van der Waals surface area contributed by atoms with E-state index in [1.54, 1.807) is 21.3 Å². The van der Waals surface area contributed by atoms with Gasteiger partial charge in [0.25, 0.3) is 11.9 Å². The molecular weight excluding hydrogens is 336 g/mol. The van der Waals surface area contributed by atoms with Gasteiger partial charge in [0.1, 0.15) is 0 Å². The largest absolute Gasteiger partial charge is 0.331 e. The second-order valence-electron chi connectivity index (χ2n) is 6.41. The summed E-state index contributed by atoms with van der Waals surface area (Å²) in [5, 5.41) is 0. The molecule has 6 heteroatoms. The van der Waals surface area contributed by atoms with Crippen molar-refractivity contribution in [3.8, 4) is 0 Å². The molecule has 158 valence electrons. The zero-order valence-corrected chi connectivity index (χ0v) is 18.1. The van der Waals surface area contributed by atoms with Crippen LogP contribution >= 0.6 is 0 Å². The molecule has 0 fully saturated rings. The molecule has 0 spiro atoms. The molecule has 0 heterocycles. The van der Waals surface area contributed by atoms with Gasteiger partial charge in [-0.15, -0.1) is 0 Å². The SMILES string of the molecule is CCOC(CCCCCCCC(C)C(OC)(OC)OC)(OCC)OCC. The molecule has 0 aromatic rings. The minimum atomic E-state index is -0.938. The van der Waals surface area contributed by atoms with Crippen LogP contribution in [0.5, 0.6) is 0 Å². The third-order valence-corrected chi connectivity index (χ3v) is 4.67. The van der Waals surface area contributed by atoms with E-state index in [1.165, 1.54) is 12.8 Å². The summed E-state index contributed by atoms with van der Waals surface area (Å²) in [5.41, 5.74) is 0. The Balaban J connectivity index is 4.11. The van der Waals surface area contributed by atoms with Crippen LogP contribution in [0.2, 0.25) is 0 Å². The van der Waals surface area contributed by atoms with Crippen LogP contribution in [0.25, 0.3) is 0 Å². The molecule has 0 aromatic carbocycles. The first-order valence-electron chi connectivity index (χ1n) is 10.1. The summed E-state index contributed by atoms with van der Waals surface area (Å²) < 4.78 is 33.5. The molecule has 0 rings (SSSR count). The topological polar surface area (TPSA) is 55.4 Å². The first-order chi connectivity index (χ1) is 12.5. The van der Waals surface area contributed by atoms with Gasteiger partial charge >= 0.3 is 0 Å². The average molecular weight is 379 g/mol. The lowest BCUT2D eigenvalue weighted by atomic mass is 9.99. The molecule has 0 aromatic heterocycles. The third kappa shape index (κ3) is 8.63. The Hall–Kier alpha value is -0.240. The standard InChI is InChI=1S/C20H42O6/c1-8-24-19(25-9-2,26-10-3)17-15-13-11-12-14-16-18(4)20(21-5,22-6)23-7/h18H,8-17H2,1-7H3. The number of hydrogen-bond acceptors (Lipinski definition) is 6. The Morgan fingerprint density at radius 2 is 1.08 bits per heavy atom. The minimum absolute atomic E-state index is 0.170. The van der Waals surface area contributed by atoms with Crippen molar-refractivity contribution in [1.29, 1.82) is 0 Å². The third-order valence-electron chi connectivity index (χ3n) is 4.67. The lowest BCUT2D eigenvalue weighted by molar-refractivity contribution is -0.380. The van der Waals surface area contributed by atoms with E-state index in [4.69, 9.17) is 28.4 Å². The molecule has 0 saturated heterocycles. The van der Waals surface area contributed by atoms with Gasteiger partial charge in [0.05, 0.1) is 0 Å². The number of ether oxygens (including phenoxy) is 6. The van der Waals surface area contributed by atoms with E-state index in [-0.39, 0.29) is 5.92 Å². The van der Waals surface area contributed by atoms with Crippen molar-refractivity contribution in [2.45, 2.75) is 84.6 Å². The van der Waals surface area contributed by atoms with Crippen molar-refractivity contribution in [2.24, 2.45) is 5.92 Å². The van der Waals surface area contributed by atoms with Gasteiger partial charge < -0.3 is 28.4 Å². The normalized spacial score (nSPS) is 14.0. The van der Waals surface area contributed by atoms with Gasteiger partial charge in [-0.1, -0.05) is 32.6 Å². The molecule has 0 N–H and O–H groups in total. The molecule has 0 amide bonds. The highest BCUT2D eigenvalue weighted by Crippen LogP contribution is 2.28. The van der Waals surface area contributed by atoms with E-state index in [0.29, 0.717) is 19.8 Å². The molecule has 0 radical (unpaired) electrons. The van der Waals surface area contributed by atoms with Crippen molar-refractivity contribution in [3.63, 3.8) is 0 Å². The zero-order valence-electron chi connectivity index (χ0n) is 18.1. The Bertz CT molecular complexity index is 294. The van der Waals surface area contributed by atoms with Crippen LogP contribution in [0, 0.1) is 5.92 Å². The maximum absolute atomic E-state index is 5.76. The predicted octanol–water partition coefficient (Wildman–Crippen LogP) is 4.71. The summed E-state index contributed by atoms with van der Waals surface area (Å²) in [6.07, 6.45) is 7.37. The van der Waals surface area contributed by atoms with Crippen LogP contribution in [-0.2, 0) is 28.4 Å². The van der Waals surface area contributed by atoms with Crippen molar-refractivity contribution in [1.82, 2.24) is 0 Å². The van der Waals surface area contributed by atoms with E-state index < -0.39 is 11.9 Å². The van der Waals surface area contributed by atoms with Crippen LogP contribution in [0.3, 0.4) is 0 Å². The molecule has 0 saturated carbocycles. The molecule has 0 aliphatic carbocycles. The Kier molecular flexibility index (Phi) is 14.6.